The molecule has 3 aromatic rings. The van der Waals surface area contributed by atoms with Crippen LogP contribution in [-0.4, -0.2) is 15.0 Å². The minimum Gasteiger partial charge on any atom is -0.348 e. The predicted molar refractivity (Wildman–Crippen MR) is 92.1 cm³/mol. The van der Waals surface area contributed by atoms with E-state index in [0.717, 1.165) is 11.3 Å². The lowest BCUT2D eigenvalue weighted by Gasteiger charge is -2.22. The van der Waals surface area contributed by atoms with Crippen molar-refractivity contribution in [3.63, 3.8) is 0 Å². The van der Waals surface area contributed by atoms with Gasteiger partial charge >= 0.3 is 0 Å². The molecule has 1 unspecified atom stereocenters. The van der Waals surface area contributed by atoms with E-state index in [4.69, 9.17) is 4.98 Å². The molecule has 0 amide bonds. The highest BCUT2D eigenvalue weighted by Gasteiger charge is 2.28. The Bertz CT molecular complexity index is 726. The zero-order valence-corrected chi connectivity index (χ0v) is 13.2. The number of aromatic nitrogens is 3. The summed E-state index contributed by atoms with van der Waals surface area (Å²) < 4.78 is 0. The second-order valence-electron chi connectivity index (χ2n) is 6.37. The van der Waals surface area contributed by atoms with Crippen LogP contribution in [0.1, 0.15) is 42.9 Å². The van der Waals surface area contributed by atoms with Gasteiger partial charge in [0.1, 0.15) is 0 Å². The summed E-state index contributed by atoms with van der Waals surface area (Å²) >= 11 is 0. The summed E-state index contributed by atoms with van der Waals surface area (Å²) in [5.41, 5.74) is 4.70. The zero-order valence-electron chi connectivity index (χ0n) is 13.2. The van der Waals surface area contributed by atoms with Gasteiger partial charge in [-0.2, -0.15) is 0 Å². The van der Waals surface area contributed by atoms with E-state index in [0.29, 0.717) is 11.8 Å². The third kappa shape index (κ3) is 2.91. The Labute approximate surface area is 136 Å². The van der Waals surface area contributed by atoms with Crippen molar-refractivity contribution in [1.82, 2.24) is 15.0 Å². The lowest BCUT2D eigenvalue weighted by Crippen LogP contribution is -2.12. The summed E-state index contributed by atoms with van der Waals surface area (Å²) in [6.07, 6.45) is 11.1. The number of hydrogen-bond donors (Lipinski definition) is 1. The minimum atomic E-state index is 0.386. The number of H-pyrrole nitrogens is 1. The Kier molecular flexibility index (Phi) is 3.93. The summed E-state index contributed by atoms with van der Waals surface area (Å²) in [5.74, 6) is 1.08. The minimum absolute atomic E-state index is 0.386. The van der Waals surface area contributed by atoms with Crippen molar-refractivity contribution in [1.29, 1.82) is 0 Å². The van der Waals surface area contributed by atoms with Crippen LogP contribution in [0.4, 0.5) is 0 Å². The maximum absolute atomic E-state index is 4.72. The molecular formula is C20H21N3. The molecular weight excluding hydrogens is 282 g/mol. The van der Waals surface area contributed by atoms with Gasteiger partial charge in [-0.3, -0.25) is 4.98 Å². The molecule has 116 valence electrons. The topological polar surface area (TPSA) is 41.6 Å². The molecule has 3 heteroatoms. The molecule has 1 N–H and O–H groups in total. The Morgan fingerprint density at radius 3 is 2.43 bits per heavy atom. The van der Waals surface area contributed by atoms with Gasteiger partial charge in [0.05, 0.1) is 12.0 Å². The molecule has 1 aromatic carbocycles. The van der Waals surface area contributed by atoms with E-state index < -0.39 is 0 Å². The second-order valence-corrected chi connectivity index (χ2v) is 6.37. The molecule has 0 radical (unpaired) electrons. The molecule has 0 spiro atoms. The highest BCUT2D eigenvalue weighted by atomic mass is 14.9. The monoisotopic (exact) mass is 303 g/mol. The fourth-order valence-electron chi connectivity index (χ4n) is 3.80. The quantitative estimate of drug-likeness (QED) is 0.752. The fourth-order valence-corrected chi connectivity index (χ4v) is 3.80. The van der Waals surface area contributed by atoms with Crippen molar-refractivity contribution in [3.05, 3.63) is 72.4 Å². The lowest BCUT2D eigenvalue weighted by molar-refractivity contribution is 0.476. The van der Waals surface area contributed by atoms with Crippen molar-refractivity contribution < 1.29 is 0 Å². The van der Waals surface area contributed by atoms with Crippen LogP contribution in [0.15, 0.2) is 61.2 Å². The number of benzene rings is 1. The zero-order chi connectivity index (χ0) is 15.5. The first-order valence-electron chi connectivity index (χ1n) is 8.41. The van der Waals surface area contributed by atoms with Crippen molar-refractivity contribution in [2.75, 3.05) is 0 Å². The molecule has 1 saturated carbocycles. The first kappa shape index (κ1) is 14.2. The standard InChI is InChI=1S/C20H21N3/c1-2-6-15(7-3-1)18-11-10-17(12-22-18)20(16-8-4-5-9-16)19-13-21-14-23-19/h1-3,6-7,10-14,16,20H,4-5,8-9H2,(H,21,23). The Hall–Kier alpha value is -2.42. The molecule has 4 rings (SSSR count). The van der Waals surface area contributed by atoms with Crippen molar-refractivity contribution in [2.45, 2.75) is 31.6 Å². The smallest absolute Gasteiger partial charge is 0.0921 e. The van der Waals surface area contributed by atoms with Crippen LogP contribution in [0.5, 0.6) is 0 Å². The number of nitrogens with zero attached hydrogens (tertiary/aromatic N) is 2. The van der Waals surface area contributed by atoms with Gasteiger partial charge in [-0.1, -0.05) is 49.2 Å². The normalized spacial score (nSPS) is 16.5. The summed E-state index contributed by atoms with van der Waals surface area (Å²) in [6, 6.07) is 14.7. The van der Waals surface area contributed by atoms with Crippen LogP contribution in [-0.2, 0) is 0 Å². The van der Waals surface area contributed by atoms with Crippen LogP contribution in [0, 0.1) is 5.92 Å². The van der Waals surface area contributed by atoms with E-state index in [-0.39, 0.29) is 0 Å². The van der Waals surface area contributed by atoms with E-state index >= 15 is 0 Å². The molecule has 3 nitrogen and oxygen atoms in total. The summed E-state index contributed by atoms with van der Waals surface area (Å²) in [6.45, 7) is 0. The Morgan fingerprint density at radius 2 is 1.78 bits per heavy atom. The summed E-state index contributed by atoms with van der Waals surface area (Å²) in [4.78, 5) is 12.3. The number of aromatic amines is 1. The largest absolute Gasteiger partial charge is 0.348 e. The Morgan fingerprint density at radius 1 is 0.957 bits per heavy atom. The van der Waals surface area contributed by atoms with Crippen LogP contribution >= 0.6 is 0 Å². The highest BCUT2D eigenvalue weighted by molar-refractivity contribution is 5.58. The fraction of sp³-hybridized carbons (Fsp3) is 0.300. The molecule has 23 heavy (non-hydrogen) atoms. The third-order valence-electron chi connectivity index (χ3n) is 4.94. The summed E-state index contributed by atoms with van der Waals surface area (Å²) in [7, 11) is 0. The molecule has 0 saturated heterocycles. The highest BCUT2D eigenvalue weighted by Crippen LogP contribution is 2.40. The van der Waals surface area contributed by atoms with Gasteiger partial charge in [-0.15, -0.1) is 0 Å². The van der Waals surface area contributed by atoms with Crippen LogP contribution in [0.25, 0.3) is 11.3 Å². The molecule has 2 aromatic heterocycles. The first-order valence-corrected chi connectivity index (χ1v) is 8.41. The number of imidazole rings is 1. The van der Waals surface area contributed by atoms with Crippen molar-refractivity contribution >= 4 is 0 Å². The van der Waals surface area contributed by atoms with Gasteiger partial charge in [-0.25, -0.2) is 4.98 Å². The molecule has 0 aliphatic heterocycles. The molecule has 1 atom stereocenters. The number of hydrogen-bond acceptors (Lipinski definition) is 2. The first-order chi connectivity index (χ1) is 11.4. The lowest BCUT2D eigenvalue weighted by atomic mass is 9.83. The molecule has 1 fully saturated rings. The third-order valence-corrected chi connectivity index (χ3v) is 4.94. The maximum Gasteiger partial charge on any atom is 0.0921 e. The van der Waals surface area contributed by atoms with E-state index in [2.05, 4.69) is 46.4 Å². The van der Waals surface area contributed by atoms with Crippen LogP contribution < -0.4 is 0 Å². The molecule has 1 aliphatic rings. The number of rotatable bonds is 4. The molecule has 2 heterocycles. The SMILES string of the molecule is c1ccc(-c2ccc(C(c3cnc[nH]3)C3CCCC3)cn2)cc1. The second kappa shape index (κ2) is 6.37. The maximum atomic E-state index is 4.72. The van der Waals surface area contributed by atoms with Gasteiger partial charge < -0.3 is 4.98 Å². The predicted octanol–water partition coefficient (Wildman–Crippen LogP) is 4.79. The van der Waals surface area contributed by atoms with Gasteiger partial charge in [0.25, 0.3) is 0 Å². The van der Waals surface area contributed by atoms with Crippen LogP contribution in [0.3, 0.4) is 0 Å². The summed E-state index contributed by atoms with van der Waals surface area (Å²) in [5, 5.41) is 0. The molecule has 1 aliphatic carbocycles. The van der Waals surface area contributed by atoms with Crippen molar-refractivity contribution in [3.8, 4) is 11.3 Å². The number of pyridine rings is 1. The Balaban J connectivity index is 1.66. The van der Waals surface area contributed by atoms with Gasteiger partial charge in [0.15, 0.2) is 0 Å². The average Bonchev–Trinajstić information content (AvgIpc) is 3.31. The van der Waals surface area contributed by atoms with E-state index in [1.807, 2.05) is 18.5 Å². The number of nitrogens with one attached hydrogen (secondary N) is 1. The van der Waals surface area contributed by atoms with Gasteiger partial charge in [0, 0.05) is 29.6 Å². The van der Waals surface area contributed by atoms with Gasteiger partial charge in [-0.05, 0) is 30.4 Å². The average molecular weight is 303 g/mol. The van der Waals surface area contributed by atoms with E-state index in [1.54, 1.807) is 6.33 Å². The van der Waals surface area contributed by atoms with Crippen molar-refractivity contribution in [2.24, 2.45) is 5.92 Å². The van der Waals surface area contributed by atoms with Gasteiger partial charge in [0.2, 0.25) is 0 Å². The van der Waals surface area contributed by atoms with Crippen LogP contribution in [0.2, 0.25) is 0 Å². The van der Waals surface area contributed by atoms with E-state index in [9.17, 15) is 0 Å². The van der Waals surface area contributed by atoms with E-state index in [1.165, 1.54) is 36.9 Å². The molecule has 0 bridgehead atoms.